The zero-order valence-electron chi connectivity index (χ0n) is 8.85. The van der Waals surface area contributed by atoms with Crippen molar-refractivity contribution in [3.05, 3.63) is 71.6 Å². The van der Waals surface area contributed by atoms with Crippen LogP contribution in [0.15, 0.2) is 71.6 Å². The maximum absolute atomic E-state index is 8.38. The molecule has 0 aromatic carbocycles. The minimum Gasteiger partial charge on any atom is -0.481 e. The van der Waals surface area contributed by atoms with Crippen molar-refractivity contribution >= 4 is 0 Å². The van der Waals surface area contributed by atoms with E-state index in [1.165, 1.54) is 0 Å². The molecule has 0 aromatic rings. The maximum Gasteiger partial charge on any atom is 0.281 e. The molecule has 0 fully saturated rings. The zero-order chi connectivity index (χ0) is 12.0. The van der Waals surface area contributed by atoms with Crippen molar-refractivity contribution in [2.45, 2.75) is 0 Å². The average molecular weight is 271 g/mol. The van der Waals surface area contributed by atoms with Crippen LogP contribution in [0.25, 0.3) is 0 Å². The molecule has 0 aliphatic heterocycles. The molecule has 0 atom stereocenters. The van der Waals surface area contributed by atoms with E-state index in [4.69, 9.17) is 20.4 Å². The average Bonchev–Trinajstić information content (AvgIpc) is 2.93. The molecular weight excluding hydrogens is 259 g/mol. The van der Waals surface area contributed by atoms with E-state index in [-0.39, 0.29) is 18.6 Å². The Hall–Kier alpha value is -1.78. The van der Waals surface area contributed by atoms with Crippen LogP contribution >= 0.6 is 0 Å². The second-order valence-electron chi connectivity index (χ2n) is 2.99. The normalized spacial score (nSPS) is 14.4. The number of hydrogen-bond acceptors (Lipinski definition) is 4. The van der Waals surface area contributed by atoms with Gasteiger partial charge in [0.2, 0.25) is 0 Å². The van der Waals surface area contributed by atoms with E-state index in [0.29, 0.717) is 11.1 Å². The standard InChI is InChI=1S/2C6H6O2.V/c2*7-6(8)5-3-1-2-4-5;/h2*1-4,7-8H;. The van der Waals surface area contributed by atoms with E-state index in [2.05, 4.69) is 0 Å². The maximum atomic E-state index is 8.38. The first-order chi connectivity index (χ1) is 7.61. The molecule has 0 amide bonds. The Morgan fingerprint density at radius 3 is 0.941 bits per heavy atom. The minimum atomic E-state index is -0.616. The van der Waals surface area contributed by atoms with Crippen LogP contribution in [-0.2, 0) is 18.6 Å². The van der Waals surface area contributed by atoms with Gasteiger partial charge in [-0.3, -0.25) is 0 Å². The quantitative estimate of drug-likeness (QED) is 0.511. The number of hydrogen-bond donors (Lipinski definition) is 4. The third kappa shape index (κ3) is 5.20. The fourth-order valence-electron chi connectivity index (χ4n) is 1.05. The Morgan fingerprint density at radius 2 is 0.824 bits per heavy atom. The summed E-state index contributed by atoms with van der Waals surface area (Å²) in [6, 6.07) is 0. The minimum absolute atomic E-state index is 0. The van der Waals surface area contributed by atoms with Gasteiger partial charge >= 0.3 is 0 Å². The molecule has 0 bridgehead atoms. The second kappa shape index (κ2) is 7.49. The fraction of sp³-hybridized carbons (Fsp3) is 0. The summed E-state index contributed by atoms with van der Waals surface area (Å²) in [7, 11) is 0. The molecule has 4 N–H and O–H groups in total. The van der Waals surface area contributed by atoms with Gasteiger partial charge in [-0.2, -0.15) is 0 Å². The molecule has 2 rings (SSSR count). The SMILES string of the molecule is OC(O)=C1C=CC=C1.OC(O)=C1C=CC=C1.[V]. The van der Waals surface area contributed by atoms with Gasteiger partial charge in [0.25, 0.3) is 11.9 Å². The van der Waals surface area contributed by atoms with Crippen molar-refractivity contribution < 1.29 is 39.0 Å². The number of allylic oxidation sites excluding steroid dienone is 10. The van der Waals surface area contributed by atoms with E-state index < -0.39 is 11.9 Å². The second-order valence-corrected chi connectivity index (χ2v) is 2.99. The summed E-state index contributed by atoms with van der Waals surface area (Å²) in [5, 5.41) is 33.5. The van der Waals surface area contributed by atoms with E-state index >= 15 is 0 Å². The summed E-state index contributed by atoms with van der Waals surface area (Å²) in [6.45, 7) is 0. The van der Waals surface area contributed by atoms with Gasteiger partial charge < -0.3 is 20.4 Å². The summed E-state index contributed by atoms with van der Waals surface area (Å²) in [6.07, 6.45) is 13.4. The Morgan fingerprint density at radius 1 is 0.588 bits per heavy atom. The Labute approximate surface area is 111 Å². The first kappa shape index (κ1) is 15.2. The Bertz CT molecular complexity index is 361. The Balaban J connectivity index is 0.000000284. The largest absolute Gasteiger partial charge is 0.481 e. The van der Waals surface area contributed by atoms with Crippen molar-refractivity contribution in [3.63, 3.8) is 0 Å². The van der Waals surface area contributed by atoms with E-state index in [0.717, 1.165) is 0 Å². The zero-order valence-corrected chi connectivity index (χ0v) is 10.3. The summed E-state index contributed by atoms with van der Waals surface area (Å²) in [5.74, 6) is -1.23. The summed E-state index contributed by atoms with van der Waals surface area (Å²) in [5.41, 5.74) is 0.926. The molecule has 4 nitrogen and oxygen atoms in total. The summed E-state index contributed by atoms with van der Waals surface area (Å²) < 4.78 is 0. The first-order valence-corrected chi connectivity index (χ1v) is 4.55. The summed E-state index contributed by atoms with van der Waals surface area (Å²) >= 11 is 0. The molecule has 5 heteroatoms. The van der Waals surface area contributed by atoms with Gasteiger partial charge in [0.1, 0.15) is 0 Å². The third-order valence-corrected chi connectivity index (χ3v) is 1.84. The van der Waals surface area contributed by atoms with Crippen LogP contribution in [0.2, 0.25) is 0 Å². The van der Waals surface area contributed by atoms with Crippen LogP contribution in [0.1, 0.15) is 0 Å². The first-order valence-electron chi connectivity index (χ1n) is 4.55. The van der Waals surface area contributed by atoms with Gasteiger partial charge in [-0.05, 0) is 24.3 Å². The van der Waals surface area contributed by atoms with E-state index in [1.54, 1.807) is 48.6 Å². The predicted octanol–water partition coefficient (Wildman–Crippen LogP) is 2.88. The molecule has 0 heterocycles. The van der Waals surface area contributed by atoms with Crippen molar-refractivity contribution in [2.75, 3.05) is 0 Å². The number of rotatable bonds is 0. The predicted molar refractivity (Wildman–Crippen MR) is 61.1 cm³/mol. The van der Waals surface area contributed by atoms with Crippen LogP contribution in [0.4, 0.5) is 0 Å². The van der Waals surface area contributed by atoms with Gasteiger partial charge in [0, 0.05) is 18.6 Å². The van der Waals surface area contributed by atoms with Gasteiger partial charge in [-0.1, -0.05) is 24.3 Å². The van der Waals surface area contributed by atoms with Crippen molar-refractivity contribution in [3.8, 4) is 0 Å². The summed E-state index contributed by atoms with van der Waals surface area (Å²) in [4.78, 5) is 0. The molecule has 2 aliphatic rings. The molecule has 0 spiro atoms. The van der Waals surface area contributed by atoms with Gasteiger partial charge in [0.05, 0.1) is 11.1 Å². The van der Waals surface area contributed by atoms with Crippen LogP contribution < -0.4 is 0 Å². The third-order valence-electron chi connectivity index (χ3n) is 1.84. The van der Waals surface area contributed by atoms with Gasteiger partial charge in [-0.15, -0.1) is 0 Å². The van der Waals surface area contributed by atoms with Crippen LogP contribution in [-0.4, -0.2) is 20.4 Å². The number of aliphatic hydroxyl groups is 4. The molecule has 2 aliphatic carbocycles. The van der Waals surface area contributed by atoms with Crippen molar-refractivity contribution in [2.24, 2.45) is 0 Å². The molecule has 0 saturated carbocycles. The molecule has 89 valence electrons. The van der Waals surface area contributed by atoms with Crippen molar-refractivity contribution in [1.29, 1.82) is 0 Å². The van der Waals surface area contributed by atoms with Crippen LogP contribution in [0, 0.1) is 0 Å². The molecule has 17 heavy (non-hydrogen) atoms. The van der Waals surface area contributed by atoms with Gasteiger partial charge in [0.15, 0.2) is 0 Å². The molecule has 0 aromatic heterocycles. The Kier molecular flexibility index (Phi) is 6.71. The van der Waals surface area contributed by atoms with Crippen molar-refractivity contribution in [1.82, 2.24) is 0 Å². The van der Waals surface area contributed by atoms with Crippen LogP contribution in [0.5, 0.6) is 0 Å². The molecule has 0 saturated heterocycles. The molecule has 1 radical (unpaired) electrons. The number of aliphatic hydroxyl groups excluding tert-OH is 2. The molecular formula is C12H12O4V. The van der Waals surface area contributed by atoms with E-state index in [1.807, 2.05) is 0 Å². The fourth-order valence-corrected chi connectivity index (χ4v) is 1.05. The van der Waals surface area contributed by atoms with Crippen LogP contribution in [0.3, 0.4) is 0 Å². The van der Waals surface area contributed by atoms with Gasteiger partial charge in [-0.25, -0.2) is 0 Å². The topological polar surface area (TPSA) is 80.9 Å². The molecule has 0 unspecified atom stereocenters. The monoisotopic (exact) mass is 271 g/mol. The van der Waals surface area contributed by atoms with E-state index in [9.17, 15) is 0 Å². The smallest absolute Gasteiger partial charge is 0.281 e.